The number of nitrogens with zero attached hydrogens (tertiary/aromatic N) is 1. The Morgan fingerprint density at radius 1 is 1.07 bits per heavy atom. The quantitative estimate of drug-likeness (QED) is 0.667. The van der Waals surface area contributed by atoms with E-state index in [9.17, 15) is 14.4 Å². The molecule has 0 radical (unpaired) electrons. The Hall–Kier alpha value is -3.35. The van der Waals surface area contributed by atoms with Gasteiger partial charge < -0.3 is 19.5 Å². The van der Waals surface area contributed by atoms with Gasteiger partial charge in [0.2, 0.25) is 5.91 Å². The van der Waals surface area contributed by atoms with Crippen molar-refractivity contribution in [1.29, 1.82) is 0 Å². The van der Waals surface area contributed by atoms with E-state index in [1.54, 1.807) is 54.4 Å². The van der Waals surface area contributed by atoms with E-state index in [4.69, 9.17) is 14.6 Å². The summed E-state index contributed by atoms with van der Waals surface area (Å²) in [7, 11) is 3.22. The fraction of sp³-hybridized carbons (Fsp3) is 0.286. The molecule has 0 heterocycles. The van der Waals surface area contributed by atoms with Crippen molar-refractivity contribution in [3.05, 3.63) is 59.2 Å². The minimum absolute atomic E-state index is 0.0742. The molecule has 2 aromatic rings. The molecule has 0 aliphatic heterocycles. The first-order valence-corrected chi connectivity index (χ1v) is 8.65. The molecule has 0 unspecified atom stereocenters. The van der Waals surface area contributed by atoms with Gasteiger partial charge in [-0.3, -0.25) is 9.59 Å². The maximum absolute atomic E-state index is 12.6. The van der Waals surface area contributed by atoms with E-state index in [1.807, 2.05) is 0 Å². The fourth-order valence-corrected chi connectivity index (χ4v) is 2.63. The molecule has 1 amide bonds. The molecule has 0 saturated carbocycles. The van der Waals surface area contributed by atoms with Gasteiger partial charge in [0, 0.05) is 24.7 Å². The number of carbonyl (C=O) groups excluding carboxylic acids is 2. The molecule has 0 atom stereocenters. The smallest absolute Gasteiger partial charge is 0.341 e. The van der Waals surface area contributed by atoms with E-state index in [2.05, 4.69) is 0 Å². The predicted molar refractivity (Wildman–Crippen MR) is 103 cm³/mol. The number of carbonyl (C=O) groups is 3. The first-order valence-electron chi connectivity index (χ1n) is 8.65. The van der Waals surface area contributed by atoms with Crippen LogP contribution in [0.25, 0.3) is 0 Å². The third-order valence-corrected chi connectivity index (χ3v) is 4.16. The highest BCUT2D eigenvalue weighted by molar-refractivity contribution is 5.94. The van der Waals surface area contributed by atoms with E-state index in [-0.39, 0.29) is 18.1 Å². The molecule has 0 bridgehead atoms. The average molecular weight is 385 g/mol. The average Bonchev–Trinajstić information content (AvgIpc) is 2.67. The zero-order chi connectivity index (χ0) is 20.7. The van der Waals surface area contributed by atoms with Crippen molar-refractivity contribution in [3.63, 3.8) is 0 Å². The number of rotatable bonds is 9. The first-order chi connectivity index (χ1) is 13.3. The second-order valence-electron chi connectivity index (χ2n) is 6.34. The summed E-state index contributed by atoms with van der Waals surface area (Å²) in [5.41, 5.74) is 2.07. The van der Waals surface area contributed by atoms with Crippen LogP contribution in [0.15, 0.2) is 42.5 Å². The van der Waals surface area contributed by atoms with Crippen molar-refractivity contribution in [3.8, 4) is 11.5 Å². The van der Waals surface area contributed by atoms with E-state index in [0.717, 1.165) is 5.56 Å². The summed E-state index contributed by atoms with van der Waals surface area (Å²) in [5, 5.41) is 8.62. The van der Waals surface area contributed by atoms with E-state index >= 15 is 0 Å². The number of methoxy groups -OCH3 is 1. The lowest BCUT2D eigenvalue weighted by molar-refractivity contribution is -0.139. The molecule has 2 rings (SSSR count). The molecule has 2 aromatic carbocycles. The largest absolute Gasteiger partial charge is 0.496 e. The number of amides is 1. The minimum Gasteiger partial charge on any atom is -0.496 e. The number of hydrogen-bond acceptors (Lipinski definition) is 5. The molecule has 148 valence electrons. The van der Waals surface area contributed by atoms with Crippen molar-refractivity contribution in [2.45, 2.75) is 19.9 Å². The van der Waals surface area contributed by atoms with Crippen LogP contribution in [0.5, 0.6) is 11.5 Å². The molecule has 0 fully saturated rings. The maximum Gasteiger partial charge on any atom is 0.341 e. The van der Waals surface area contributed by atoms with Gasteiger partial charge in [0.15, 0.2) is 12.4 Å². The van der Waals surface area contributed by atoms with E-state index in [1.165, 1.54) is 14.0 Å². The molecule has 0 aliphatic rings. The van der Waals surface area contributed by atoms with Crippen LogP contribution in [0.2, 0.25) is 0 Å². The third-order valence-electron chi connectivity index (χ3n) is 4.16. The summed E-state index contributed by atoms with van der Waals surface area (Å²) in [6.45, 7) is 1.45. The lowest BCUT2D eigenvalue weighted by Gasteiger charge is -2.18. The van der Waals surface area contributed by atoms with Crippen LogP contribution >= 0.6 is 0 Å². The van der Waals surface area contributed by atoms with Crippen LogP contribution in [0.4, 0.5) is 0 Å². The van der Waals surface area contributed by atoms with E-state index < -0.39 is 12.6 Å². The lowest BCUT2D eigenvalue weighted by Crippen LogP contribution is -2.28. The van der Waals surface area contributed by atoms with Crippen LogP contribution in [-0.4, -0.2) is 48.4 Å². The SMILES string of the molecule is COc1ccc(C(C)=O)cc1CC(=O)N(C)Cc1ccc(OCC(=O)O)cc1. The van der Waals surface area contributed by atoms with Gasteiger partial charge in [-0.1, -0.05) is 12.1 Å². The Morgan fingerprint density at radius 2 is 1.75 bits per heavy atom. The molecular weight excluding hydrogens is 362 g/mol. The highest BCUT2D eigenvalue weighted by Crippen LogP contribution is 2.22. The predicted octanol–water partition coefficient (Wildman–Crippen LogP) is 2.56. The van der Waals surface area contributed by atoms with Crippen molar-refractivity contribution in [2.75, 3.05) is 20.8 Å². The number of hydrogen-bond donors (Lipinski definition) is 1. The van der Waals surface area contributed by atoms with Crippen LogP contribution in [0.3, 0.4) is 0 Å². The number of ether oxygens (including phenoxy) is 2. The Balaban J connectivity index is 2.02. The van der Waals surface area contributed by atoms with Crippen molar-refractivity contribution < 1.29 is 29.0 Å². The number of Topliss-reactive ketones (excluding diaryl/α,β-unsaturated/α-hetero) is 1. The Bertz CT molecular complexity index is 860. The molecule has 28 heavy (non-hydrogen) atoms. The second-order valence-corrected chi connectivity index (χ2v) is 6.34. The van der Waals surface area contributed by atoms with Gasteiger partial charge in [-0.05, 0) is 42.8 Å². The van der Waals surface area contributed by atoms with E-state index in [0.29, 0.717) is 29.2 Å². The standard InChI is InChI=1S/C21H23NO6/c1-14(23)16-6-9-19(27-3)17(10-16)11-20(24)22(2)12-15-4-7-18(8-5-15)28-13-21(25)26/h4-10H,11-13H2,1-3H3,(H,25,26). The summed E-state index contributed by atoms with van der Waals surface area (Å²) in [6.07, 6.45) is 0.112. The van der Waals surface area contributed by atoms with Gasteiger partial charge in [-0.25, -0.2) is 4.79 Å². The van der Waals surface area contributed by atoms with Crippen LogP contribution in [0.1, 0.15) is 28.4 Å². The van der Waals surface area contributed by atoms with Gasteiger partial charge in [-0.2, -0.15) is 0 Å². The maximum atomic E-state index is 12.6. The van der Waals surface area contributed by atoms with Gasteiger partial charge in [0.25, 0.3) is 0 Å². The number of benzene rings is 2. The number of aliphatic carboxylic acids is 1. The highest BCUT2D eigenvalue weighted by atomic mass is 16.5. The zero-order valence-electron chi connectivity index (χ0n) is 16.1. The normalized spacial score (nSPS) is 10.2. The van der Waals surface area contributed by atoms with Gasteiger partial charge in [-0.15, -0.1) is 0 Å². The van der Waals surface area contributed by atoms with Crippen LogP contribution < -0.4 is 9.47 Å². The molecule has 0 spiro atoms. The molecule has 1 N–H and O–H groups in total. The third kappa shape index (κ3) is 5.84. The van der Waals surface area contributed by atoms with Crippen LogP contribution in [0, 0.1) is 0 Å². The first kappa shape index (κ1) is 21.0. The Kier molecular flexibility index (Phi) is 7.14. The number of carboxylic acids is 1. The van der Waals surface area contributed by atoms with Gasteiger partial charge in [0.05, 0.1) is 13.5 Å². The van der Waals surface area contributed by atoms with Crippen molar-refractivity contribution in [1.82, 2.24) is 4.90 Å². The van der Waals surface area contributed by atoms with Crippen molar-refractivity contribution >= 4 is 17.7 Å². The molecule has 0 saturated heterocycles. The monoisotopic (exact) mass is 385 g/mol. The summed E-state index contributed by atoms with van der Waals surface area (Å²) < 4.78 is 10.4. The topological polar surface area (TPSA) is 93.1 Å². The highest BCUT2D eigenvalue weighted by Gasteiger charge is 2.15. The van der Waals surface area contributed by atoms with Crippen LogP contribution in [-0.2, 0) is 22.6 Å². The van der Waals surface area contributed by atoms with Gasteiger partial charge >= 0.3 is 5.97 Å². The zero-order valence-corrected chi connectivity index (χ0v) is 16.1. The number of likely N-dealkylation sites (N-methyl/N-ethyl adjacent to an activating group) is 1. The Labute approximate surface area is 163 Å². The second kappa shape index (κ2) is 9.55. The summed E-state index contributed by atoms with van der Waals surface area (Å²) in [6, 6.07) is 11.9. The number of carboxylic acid groups (broad SMARTS) is 1. The van der Waals surface area contributed by atoms with Crippen molar-refractivity contribution in [2.24, 2.45) is 0 Å². The summed E-state index contributed by atoms with van der Waals surface area (Å²) >= 11 is 0. The lowest BCUT2D eigenvalue weighted by atomic mass is 10.0. The summed E-state index contributed by atoms with van der Waals surface area (Å²) in [5.74, 6) is -0.226. The minimum atomic E-state index is -1.04. The Morgan fingerprint density at radius 3 is 2.32 bits per heavy atom. The molecule has 7 heteroatoms. The fourth-order valence-electron chi connectivity index (χ4n) is 2.63. The molecular formula is C21H23NO6. The number of ketones is 1. The molecule has 0 aromatic heterocycles. The van der Waals surface area contributed by atoms with Gasteiger partial charge in [0.1, 0.15) is 11.5 Å². The molecule has 7 nitrogen and oxygen atoms in total. The molecule has 0 aliphatic carbocycles. The summed E-state index contributed by atoms with van der Waals surface area (Å²) in [4.78, 5) is 36.3.